The molecular weight excluding hydrogens is 451 g/mol. The summed E-state index contributed by atoms with van der Waals surface area (Å²) < 4.78 is 12.8. The van der Waals surface area contributed by atoms with E-state index in [4.69, 9.17) is 16.3 Å². The molecule has 1 heterocycles. The SMILES string of the molecule is CCC[C@@H](OP1(=S)N(C[Si](C)(C)C)[C@@H]2CCCC[C@H]2N1C[Si](C)(C)C)c1ccccc1. The van der Waals surface area contributed by atoms with Gasteiger partial charge < -0.3 is 4.52 Å². The topological polar surface area (TPSA) is 15.7 Å². The lowest BCUT2D eigenvalue weighted by Gasteiger charge is -2.41. The summed E-state index contributed by atoms with van der Waals surface area (Å²) in [5, 5.41) is 0. The molecule has 3 rings (SSSR count). The molecule has 31 heavy (non-hydrogen) atoms. The van der Waals surface area contributed by atoms with Crippen molar-refractivity contribution in [2.45, 2.75) is 103 Å². The molecule has 1 aliphatic carbocycles. The summed E-state index contributed by atoms with van der Waals surface area (Å²) >= 11 is 6.74. The number of hydrogen-bond donors (Lipinski definition) is 0. The Labute approximate surface area is 199 Å². The molecule has 0 amide bonds. The van der Waals surface area contributed by atoms with Crippen molar-refractivity contribution in [1.29, 1.82) is 0 Å². The molecule has 2 aliphatic rings. The molecule has 3 nitrogen and oxygen atoms in total. The van der Waals surface area contributed by atoms with Crippen LogP contribution in [0.2, 0.25) is 39.3 Å². The maximum atomic E-state index is 7.26. The molecule has 176 valence electrons. The first-order valence-electron chi connectivity index (χ1n) is 12.3. The van der Waals surface area contributed by atoms with Crippen LogP contribution in [-0.2, 0) is 16.3 Å². The molecule has 1 aromatic rings. The lowest BCUT2D eigenvalue weighted by molar-refractivity contribution is 0.188. The highest BCUT2D eigenvalue weighted by Crippen LogP contribution is 2.67. The Morgan fingerprint density at radius 3 is 1.84 bits per heavy atom. The molecule has 1 aromatic carbocycles. The lowest BCUT2D eigenvalue weighted by atomic mass is 9.90. The third-order valence-corrected chi connectivity index (χ3v) is 13.7. The maximum Gasteiger partial charge on any atom is 0.204 e. The molecule has 1 aliphatic heterocycles. The van der Waals surface area contributed by atoms with Gasteiger partial charge in [-0.1, -0.05) is 95.8 Å². The predicted octanol–water partition coefficient (Wildman–Crippen LogP) is 7.45. The van der Waals surface area contributed by atoms with E-state index in [2.05, 4.69) is 85.9 Å². The van der Waals surface area contributed by atoms with Gasteiger partial charge >= 0.3 is 0 Å². The average molecular weight is 497 g/mol. The van der Waals surface area contributed by atoms with Gasteiger partial charge in [-0.05, 0) is 36.6 Å². The van der Waals surface area contributed by atoms with Gasteiger partial charge in [0.15, 0.2) is 0 Å². The van der Waals surface area contributed by atoms with Crippen LogP contribution in [0.4, 0.5) is 0 Å². The molecule has 0 unspecified atom stereocenters. The summed E-state index contributed by atoms with van der Waals surface area (Å²) in [6.07, 6.45) is 9.87. The third kappa shape index (κ3) is 6.40. The fraction of sp³-hybridized carbons (Fsp3) is 0.750. The number of nitrogens with zero attached hydrogens (tertiary/aromatic N) is 2. The van der Waals surface area contributed by atoms with Crippen LogP contribution in [0.3, 0.4) is 0 Å². The normalized spacial score (nSPS) is 26.0. The Morgan fingerprint density at radius 1 is 0.935 bits per heavy atom. The number of benzene rings is 1. The Kier molecular flexibility index (Phi) is 8.50. The predicted molar refractivity (Wildman–Crippen MR) is 146 cm³/mol. The number of fused-ring (bicyclic) bond motifs is 1. The Morgan fingerprint density at radius 2 is 1.42 bits per heavy atom. The van der Waals surface area contributed by atoms with Crippen molar-refractivity contribution in [1.82, 2.24) is 9.34 Å². The van der Waals surface area contributed by atoms with E-state index in [-0.39, 0.29) is 6.10 Å². The van der Waals surface area contributed by atoms with Crippen molar-refractivity contribution in [3.8, 4) is 0 Å². The molecular formula is C24H45N2OPSSi2. The van der Waals surface area contributed by atoms with Gasteiger partial charge in [0.1, 0.15) is 0 Å². The molecule has 0 spiro atoms. The van der Waals surface area contributed by atoms with Gasteiger partial charge in [0.25, 0.3) is 0 Å². The van der Waals surface area contributed by atoms with Crippen LogP contribution < -0.4 is 0 Å². The minimum absolute atomic E-state index is 0.102. The van der Waals surface area contributed by atoms with Crippen LogP contribution in [0.5, 0.6) is 0 Å². The summed E-state index contributed by atoms with van der Waals surface area (Å²) in [6, 6.07) is 12.0. The number of hydrogen-bond acceptors (Lipinski definition) is 2. The molecule has 2 fully saturated rings. The van der Waals surface area contributed by atoms with Crippen LogP contribution in [-0.4, -0.2) is 49.9 Å². The quantitative estimate of drug-likeness (QED) is 0.260. The maximum absolute atomic E-state index is 7.26. The molecule has 3 atom stereocenters. The molecule has 0 bridgehead atoms. The first kappa shape index (κ1) is 25.8. The van der Waals surface area contributed by atoms with E-state index < -0.39 is 22.7 Å². The highest BCUT2D eigenvalue weighted by molar-refractivity contribution is 8.10. The van der Waals surface area contributed by atoms with Crippen LogP contribution >= 0.6 is 6.57 Å². The van der Waals surface area contributed by atoms with E-state index in [0.29, 0.717) is 12.1 Å². The fourth-order valence-corrected chi connectivity index (χ4v) is 16.0. The van der Waals surface area contributed by atoms with Gasteiger partial charge in [-0.2, -0.15) is 0 Å². The first-order chi connectivity index (χ1) is 14.4. The van der Waals surface area contributed by atoms with Gasteiger partial charge in [-0.3, -0.25) is 0 Å². The van der Waals surface area contributed by atoms with Crippen LogP contribution in [0.1, 0.15) is 57.1 Å². The molecule has 0 radical (unpaired) electrons. The van der Waals surface area contributed by atoms with E-state index in [1.165, 1.54) is 43.6 Å². The lowest BCUT2D eigenvalue weighted by Crippen LogP contribution is -2.46. The second-order valence-electron chi connectivity index (χ2n) is 12.0. The van der Waals surface area contributed by atoms with Crippen LogP contribution in [0, 0.1) is 0 Å². The molecule has 7 heteroatoms. The van der Waals surface area contributed by atoms with Gasteiger partial charge in [-0.25, -0.2) is 9.34 Å². The van der Waals surface area contributed by atoms with E-state index in [1.54, 1.807) is 0 Å². The van der Waals surface area contributed by atoms with Gasteiger partial charge in [0, 0.05) is 24.4 Å². The average Bonchev–Trinajstić information content (AvgIpc) is 2.89. The summed E-state index contributed by atoms with van der Waals surface area (Å²) in [5.41, 5.74) is 1.30. The van der Waals surface area contributed by atoms with Gasteiger partial charge in [-0.15, -0.1) is 0 Å². The fourth-order valence-electron chi connectivity index (χ4n) is 5.19. The largest absolute Gasteiger partial charge is 0.319 e. The molecule has 0 aromatic heterocycles. The standard InChI is InChI=1S/C24H45N2OPSSi2/c1-8-14-24(21-15-10-9-11-16-21)27-28(29)25(19-30(2,3)4)22-17-12-13-18-23(22)26(28)20-31(5,6)7/h9-11,15-16,22-24H,8,12-14,17-20H2,1-7H3/t22-,23-,24-/m1/s1. The van der Waals surface area contributed by atoms with E-state index in [1.807, 2.05) is 0 Å². The molecule has 1 saturated carbocycles. The Balaban J connectivity index is 2.04. The first-order valence-corrected chi connectivity index (χ1v) is 22.4. The van der Waals surface area contributed by atoms with E-state index in [0.717, 1.165) is 12.8 Å². The highest BCUT2D eigenvalue weighted by Gasteiger charge is 2.55. The summed E-state index contributed by atoms with van der Waals surface area (Å²) in [4.78, 5) is 0. The van der Waals surface area contributed by atoms with Gasteiger partial charge in [0.2, 0.25) is 6.57 Å². The van der Waals surface area contributed by atoms with Crippen molar-refractivity contribution in [2.24, 2.45) is 0 Å². The Hall–Kier alpha value is 0.184. The zero-order valence-corrected chi connectivity index (χ0v) is 24.6. The van der Waals surface area contributed by atoms with Crippen molar-refractivity contribution in [3.63, 3.8) is 0 Å². The minimum Gasteiger partial charge on any atom is -0.319 e. The van der Waals surface area contributed by atoms with Crippen molar-refractivity contribution >= 4 is 34.5 Å². The monoisotopic (exact) mass is 496 g/mol. The second kappa shape index (κ2) is 10.2. The van der Waals surface area contributed by atoms with Crippen LogP contribution in [0.25, 0.3) is 0 Å². The van der Waals surface area contributed by atoms with Crippen molar-refractivity contribution in [2.75, 3.05) is 12.3 Å². The summed E-state index contributed by atoms with van der Waals surface area (Å²) in [5.74, 6) is 0. The smallest absolute Gasteiger partial charge is 0.204 e. The second-order valence-corrected chi connectivity index (χ2v) is 26.5. The van der Waals surface area contributed by atoms with Crippen LogP contribution in [0.15, 0.2) is 30.3 Å². The summed E-state index contributed by atoms with van der Waals surface area (Å²) in [7, 11) is -2.67. The zero-order valence-electron chi connectivity index (χ0n) is 20.9. The molecule has 0 N–H and O–H groups in total. The van der Waals surface area contributed by atoms with Crippen molar-refractivity contribution in [3.05, 3.63) is 35.9 Å². The molecule has 1 saturated heterocycles. The summed E-state index contributed by atoms with van der Waals surface area (Å²) in [6.45, 7) is 15.0. The van der Waals surface area contributed by atoms with Crippen molar-refractivity contribution < 1.29 is 4.52 Å². The third-order valence-electron chi connectivity index (χ3n) is 6.37. The number of rotatable bonds is 9. The van der Waals surface area contributed by atoms with Gasteiger partial charge in [0.05, 0.1) is 22.3 Å². The van der Waals surface area contributed by atoms with E-state index >= 15 is 0 Å². The minimum atomic E-state index is -2.27. The van der Waals surface area contributed by atoms with E-state index in [9.17, 15) is 0 Å². The zero-order chi connectivity index (χ0) is 22.9. The Bertz CT molecular complexity index is 729. The highest BCUT2D eigenvalue weighted by atomic mass is 32.5.